The summed E-state index contributed by atoms with van der Waals surface area (Å²) in [5, 5.41) is 0. The SMILES string of the molecule is C.C.C.C.C.C.C.CC(C)(C)C.CC(C)(C)C.CC(C)(C)C(C)(C)C.CC(C)(C)C(C)(C)C.CCC(C)(C)C.COC(C)(C)C. The second kappa shape index (κ2) is 32.5. The van der Waals surface area contributed by atoms with Gasteiger partial charge in [-0.1, -0.05) is 225 Å². The maximum atomic E-state index is 4.94. The van der Waals surface area contributed by atoms with Gasteiger partial charge in [0.25, 0.3) is 0 Å². The van der Waals surface area contributed by atoms with E-state index in [1.807, 2.05) is 20.8 Å². The summed E-state index contributed by atoms with van der Waals surface area (Å²) in [6, 6.07) is 0. The first-order chi connectivity index (χ1) is 15.6. The highest BCUT2D eigenvalue weighted by molar-refractivity contribution is 4.77. The molecule has 0 atom stereocenters. The summed E-state index contributed by atoms with van der Waals surface area (Å²) >= 11 is 0. The standard InChI is InChI=1S/2C8H18.C6H14.C5H12O.2C5H12.7CH4/c2*1-7(2,3)8(4,5)6;1-5-6(2,3)4;1-5(2,3)6-4;2*1-5(2,3)4;;;;;;;/h2*1-6H3;5H2,1-4H3;1-4H3;2*1-4H3;7*1H4. The summed E-state index contributed by atoms with van der Waals surface area (Å²) in [5.74, 6) is 0. The zero-order valence-electron chi connectivity index (χ0n) is 33.1. The lowest BCUT2D eigenvalue weighted by atomic mass is 9.71. The summed E-state index contributed by atoms with van der Waals surface area (Å²) in [6.07, 6.45) is 1.27. The van der Waals surface area contributed by atoms with Gasteiger partial charge in [-0.3, -0.25) is 0 Å². The molecule has 0 spiro atoms. The zero-order valence-corrected chi connectivity index (χ0v) is 33.1. The van der Waals surface area contributed by atoms with Gasteiger partial charge in [0.1, 0.15) is 0 Å². The van der Waals surface area contributed by atoms with Crippen LogP contribution in [0, 0.1) is 37.9 Å². The molecule has 0 radical (unpaired) electrons. The normalized spacial score (nSPS) is 10.9. The van der Waals surface area contributed by atoms with E-state index in [1.54, 1.807) is 7.11 Å². The van der Waals surface area contributed by atoms with Gasteiger partial charge in [-0.05, 0) is 58.7 Å². The first kappa shape index (κ1) is 85.1. The smallest absolute Gasteiger partial charge is 0.0594 e. The monoisotopic (exact) mass is 659 g/mol. The highest BCUT2D eigenvalue weighted by Gasteiger charge is 2.27. The average molecular weight is 659 g/mol. The Balaban J connectivity index is -0.0000000243. The van der Waals surface area contributed by atoms with Gasteiger partial charge in [-0.25, -0.2) is 0 Å². The minimum absolute atomic E-state index is 0. The Kier molecular flexibility index (Phi) is 61.4. The molecule has 0 amide bonds. The fourth-order valence-electron chi connectivity index (χ4n) is 0. The summed E-state index contributed by atoms with van der Waals surface area (Å²) in [7, 11) is 1.71. The third kappa shape index (κ3) is 135. The third-order valence-corrected chi connectivity index (χ3v) is 6.17. The lowest BCUT2D eigenvalue weighted by molar-refractivity contribution is 0.0397. The van der Waals surface area contributed by atoms with Crippen LogP contribution < -0.4 is 0 Å². The van der Waals surface area contributed by atoms with Crippen LogP contribution in [0.3, 0.4) is 0 Å². The van der Waals surface area contributed by atoms with Crippen LogP contribution in [0.4, 0.5) is 0 Å². The quantitative estimate of drug-likeness (QED) is 0.252. The van der Waals surface area contributed by atoms with Gasteiger partial charge < -0.3 is 4.74 Å². The van der Waals surface area contributed by atoms with Crippen molar-refractivity contribution in [2.75, 3.05) is 7.11 Å². The summed E-state index contributed by atoms with van der Waals surface area (Å²) in [5.41, 5.74) is 3.33. The molecule has 0 aliphatic heterocycles. The highest BCUT2D eigenvalue weighted by atomic mass is 16.5. The summed E-state index contributed by atoms with van der Waals surface area (Å²) in [6.45, 7) is 59.8. The van der Waals surface area contributed by atoms with Crippen molar-refractivity contribution in [1.29, 1.82) is 0 Å². The molecule has 0 saturated carbocycles. The minimum atomic E-state index is 0. The van der Waals surface area contributed by atoms with Crippen LogP contribution in [0.5, 0.6) is 0 Å². The van der Waals surface area contributed by atoms with Gasteiger partial charge in [0.05, 0.1) is 5.60 Å². The van der Waals surface area contributed by atoms with Crippen molar-refractivity contribution in [2.45, 2.75) is 251 Å². The van der Waals surface area contributed by atoms with E-state index >= 15 is 0 Å². The molecular formula is C44H114O. The van der Waals surface area contributed by atoms with Crippen LogP contribution in [-0.4, -0.2) is 12.7 Å². The molecule has 1 nitrogen and oxygen atoms in total. The Morgan fingerprint density at radius 2 is 0.378 bits per heavy atom. The van der Waals surface area contributed by atoms with E-state index < -0.39 is 0 Å². The first-order valence-corrected chi connectivity index (χ1v) is 15.2. The molecule has 0 saturated heterocycles. The van der Waals surface area contributed by atoms with Crippen LogP contribution in [-0.2, 0) is 4.74 Å². The van der Waals surface area contributed by atoms with E-state index in [4.69, 9.17) is 4.74 Å². The van der Waals surface area contributed by atoms with E-state index in [1.165, 1.54) is 6.42 Å². The summed E-state index contributed by atoms with van der Waals surface area (Å²) < 4.78 is 4.94. The Morgan fingerprint density at radius 3 is 0.378 bits per heavy atom. The van der Waals surface area contributed by atoms with Crippen molar-refractivity contribution in [3.8, 4) is 0 Å². The molecule has 0 unspecified atom stereocenters. The third-order valence-electron chi connectivity index (χ3n) is 6.17. The Morgan fingerprint density at radius 1 is 0.311 bits per heavy atom. The Labute approximate surface area is 300 Å². The van der Waals surface area contributed by atoms with Gasteiger partial charge in [0.2, 0.25) is 0 Å². The van der Waals surface area contributed by atoms with Gasteiger partial charge in [0.15, 0.2) is 0 Å². The Hall–Kier alpha value is -0.0400. The maximum absolute atomic E-state index is 4.94. The molecule has 0 aliphatic carbocycles. The van der Waals surface area contributed by atoms with Crippen molar-refractivity contribution in [2.24, 2.45) is 37.9 Å². The largest absolute Gasteiger partial charge is 0.379 e. The second-order valence-corrected chi connectivity index (χ2v) is 20.2. The zero-order chi connectivity index (χ0) is 33.4. The number of hydrogen-bond donors (Lipinski definition) is 0. The van der Waals surface area contributed by atoms with E-state index in [0.717, 1.165) is 0 Å². The molecule has 0 heterocycles. The number of ether oxygens (including phenoxy) is 1. The number of hydrogen-bond acceptors (Lipinski definition) is 1. The predicted molar refractivity (Wildman–Crippen MR) is 232 cm³/mol. The fourth-order valence-corrected chi connectivity index (χ4v) is 0. The van der Waals surface area contributed by atoms with Gasteiger partial charge in [0, 0.05) is 7.11 Å². The van der Waals surface area contributed by atoms with Crippen molar-refractivity contribution < 1.29 is 4.74 Å². The maximum Gasteiger partial charge on any atom is 0.0594 e. The molecule has 0 aromatic carbocycles. The van der Waals surface area contributed by atoms with Gasteiger partial charge in [-0.2, -0.15) is 0 Å². The van der Waals surface area contributed by atoms with Crippen LogP contribution in [0.15, 0.2) is 0 Å². The van der Waals surface area contributed by atoms with Gasteiger partial charge >= 0.3 is 0 Å². The molecule has 1 heteroatoms. The number of rotatable bonds is 0. The molecular weight excluding hydrogens is 544 g/mol. The van der Waals surface area contributed by atoms with E-state index in [0.29, 0.717) is 37.9 Å². The number of methoxy groups -OCH3 is 1. The molecule has 0 fully saturated rings. The van der Waals surface area contributed by atoms with Crippen LogP contribution in [0.1, 0.15) is 245 Å². The van der Waals surface area contributed by atoms with Crippen molar-refractivity contribution in [3.63, 3.8) is 0 Å². The Bertz CT molecular complexity index is 409. The molecule has 0 rings (SSSR count). The van der Waals surface area contributed by atoms with Crippen LogP contribution in [0.25, 0.3) is 0 Å². The van der Waals surface area contributed by atoms with Crippen molar-refractivity contribution in [3.05, 3.63) is 0 Å². The van der Waals surface area contributed by atoms with Gasteiger partial charge in [-0.15, -0.1) is 0 Å². The highest BCUT2D eigenvalue weighted by Crippen LogP contribution is 2.37. The lowest BCUT2D eigenvalue weighted by Gasteiger charge is -2.34. The van der Waals surface area contributed by atoms with Crippen LogP contribution >= 0.6 is 0 Å². The molecule has 0 N–H and O–H groups in total. The molecule has 0 aromatic heterocycles. The molecule has 0 aromatic rings. The molecule has 45 heavy (non-hydrogen) atoms. The molecule has 0 bridgehead atoms. The molecule has 0 aliphatic rings. The predicted octanol–water partition coefficient (Wildman–Crippen LogP) is 18.6. The fraction of sp³-hybridized carbons (Fsp3) is 1.00. The first-order valence-electron chi connectivity index (χ1n) is 15.2. The van der Waals surface area contributed by atoms with E-state index in [9.17, 15) is 0 Å². The average Bonchev–Trinajstić information content (AvgIpc) is 2.48. The van der Waals surface area contributed by atoms with Crippen LogP contribution in [0.2, 0.25) is 0 Å². The lowest BCUT2D eigenvalue weighted by Crippen LogP contribution is -2.25. The topological polar surface area (TPSA) is 9.23 Å². The second-order valence-electron chi connectivity index (χ2n) is 20.2. The molecule has 296 valence electrons. The summed E-state index contributed by atoms with van der Waals surface area (Å²) in [4.78, 5) is 0. The van der Waals surface area contributed by atoms with Crippen molar-refractivity contribution in [1.82, 2.24) is 0 Å². The minimum Gasteiger partial charge on any atom is -0.379 e. The van der Waals surface area contributed by atoms with E-state index in [-0.39, 0.29) is 57.6 Å². The van der Waals surface area contributed by atoms with E-state index in [2.05, 4.69) is 166 Å². The van der Waals surface area contributed by atoms with Crippen molar-refractivity contribution >= 4 is 0 Å².